The minimum absolute atomic E-state index is 0.311. The zero-order valence-corrected chi connectivity index (χ0v) is 13.7. The molecule has 3 nitrogen and oxygen atoms in total. The first-order valence-electron chi connectivity index (χ1n) is 6.83. The van der Waals surface area contributed by atoms with E-state index in [1.807, 2.05) is 12.1 Å². The highest BCUT2D eigenvalue weighted by molar-refractivity contribution is 9.10. The highest BCUT2D eigenvalue weighted by Crippen LogP contribution is 2.29. The van der Waals surface area contributed by atoms with E-state index in [1.165, 1.54) is 12.1 Å². The molecule has 1 aromatic heterocycles. The molecule has 2 aromatic rings. The molecule has 1 aromatic carbocycles. The minimum Gasteiger partial charge on any atom is -0.438 e. The van der Waals surface area contributed by atoms with Gasteiger partial charge in [0, 0.05) is 18.8 Å². The number of hydrogen-bond donors (Lipinski definition) is 1. The zero-order valence-electron chi connectivity index (χ0n) is 12.1. The Morgan fingerprint density at radius 2 is 2.10 bits per heavy atom. The third-order valence-corrected chi connectivity index (χ3v) is 3.41. The molecular weight excluding hydrogens is 335 g/mol. The number of halogens is 2. The Labute approximate surface area is 132 Å². The standard InChI is InChI=1S/C16H18BrFN2O/c1-11(2)9-19-10-12-5-6-20-16(7-12)21-15-4-3-13(18)8-14(15)17/h3-8,11,19H,9-10H2,1-2H3. The van der Waals surface area contributed by atoms with Crippen LogP contribution in [0.5, 0.6) is 11.6 Å². The highest BCUT2D eigenvalue weighted by Gasteiger charge is 2.06. The first-order chi connectivity index (χ1) is 10.0. The molecule has 0 radical (unpaired) electrons. The Morgan fingerprint density at radius 1 is 1.29 bits per heavy atom. The molecular formula is C16H18BrFN2O. The monoisotopic (exact) mass is 352 g/mol. The highest BCUT2D eigenvalue weighted by atomic mass is 79.9. The zero-order chi connectivity index (χ0) is 15.2. The Kier molecular flexibility index (Phi) is 5.70. The van der Waals surface area contributed by atoms with E-state index >= 15 is 0 Å². The van der Waals surface area contributed by atoms with Gasteiger partial charge in [-0.15, -0.1) is 0 Å². The number of ether oxygens (including phenoxy) is 1. The van der Waals surface area contributed by atoms with Gasteiger partial charge in [0.2, 0.25) is 5.88 Å². The number of nitrogens with zero attached hydrogens (tertiary/aromatic N) is 1. The summed E-state index contributed by atoms with van der Waals surface area (Å²) in [6.07, 6.45) is 1.71. The van der Waals surface area contributed by atoms with Crippen molar-refractivity contribution in [2.45, 2.75) is 20.4 Å². The molecule has 0 bridgehead atoms. The Morgan fingerprint density at radius 3 is 2.81 bits per heavy atom. The SMILES string of the molecule is CC(C)CNCc1ccnc(Oc2ccc(F)cc2Br)c1. The molecule has 0 unspecified atom stereocenters. The van der Waals surface area contributed by atoms with E-state index in [9.17, 15) is 4.39 Å². The van der Waals surface area contributed by atoms with Gasteiger partial charge >= 0.3 is 0 Å². The van der Waals surface area contributed by atoms with E-state index in [-0.39, 0.29) is 5.82 Å². The lowest BCUT2D eigenvalue weighted by Crippen LogP contribution is -2.18. The smallest absolute Gasteiger partial charge is 0.219 e. The largest absolute Gasteiger partial charge is 0.438 e. The maximum absolute atomic E-state index is 13.0. The molecule has 1 heterocycles. The summed E-state index contributed by atoms with van der Waals surface area (Å²) in [5, 5.41) is 3.37. The second-order valence-corrected chi connectivity index (χ2v) is 6.06. The summed E-state index contributed by atoms with van der Waals surface area (Å²) in [6, 6.07) is 8.12. The fourth-order valence-electron chi connectivity index (χ4n) is 1.79. The molecule has 5 heteroatoms. The number of pyridine rings is 1. The van der Waals surface area contributed by atoms with Crippen molar-refractivity contribution in [1.82, 2.24) is 10.3 Å². The van der Waals surface area contributed by atoms with Crippen LogP contribution >= 0.6 is 15.9 Å². The summed E-state index contributed by atoms with van der Waals surface area (Å²) in [5.74, 6) is 1.33. The van der Waals surface area contributed by atoms with E-state index in [1.54, 1.807) is 12.3 Å². The first-order valence-corrected chi connectivity index (χ1v) is 7.62. The van der Waals surface area contributed by atoms with Crippen LogP contribution < -0.4 is 10.1 Å². The van der Waals surface area contributed by atoms with Gasteiger partial charge in [-0.25, -0.2) is 9.37 Å². The minimum atomic E-state index is -0.311. The van der Waals surface area contributed by atoms with Crippen LogP contribution in [0.3, 0.4) is 0 Å². The number of benzene rings is 1. The van der Waals surface area contributed by atoms with Crippen LogP contribution in [0.1, 0.15) is 19.4 Å². The molecule has 0 spiro atoms. The first kappa shape index (κ1) is 15.9. The fraction of sp³-hybridized carbons (Fsp3) is 0.312. The molecule has 0 fully saturated rings. The Balaban J connectivity index is 2.03. The van der Waals surface area contributed by atoms with Gasteiger partial charge in [-0.1, -0.05) is 13.8 Å². The normalized spacial score (nSPS) is 10.9. The Hall–Kier alpha value is -1.46. The van der Waals surface area contributed by atoms with Crippen molar-refractivity contribution in [3.05, 3.63) is 52.4 Å². The van der Waals surface area contributed by atoms with Crippen LogP contribution in [0, 0.1) is 11.7 Å². The number of rotatable bonds is 6. The van der Waals surface area contributed by atoms with Crippen LogP contribution in [0.4, 0.5) is 4.39 Å². The van der Waals surface area contributed by atoms with Crippen LogP contribution in [0.25, 0.3) is 0 Å². The van der Waals surface area contributed by atoms with E-state index in [0.717, 1.165) is 18.7 Å². The van der Waals surface area contributed by atoms with Crippen molar-refractivity contribution in [3.8, 4) is 11.6 Å². The van der Waals surface area contributed by atoms with Crippen LogP contribution in [0.15, 0.2) is 41.0 Å². The molecule has 0 atom stereocenters. The average molecular weight is 353 g/mol. The van der Waals surface area contributed by atoms with E-state index in [0.29, 0.717) is 22.0 Å². The van der Waals surface area contributed by atoms with Crippen molar-refractivity contribution in [1.29, 1.82) is 0 Å². The molecule has 21 heavy (non-hydrogen) atoms. The van der Waals surface area contributed by atoms with Gasteiger partial charge in [0.05, 0.1) is 4.47 Å². The summed E-state index contributed by atoms with van der Waals surface area (Å²) < 4.78 is 19.3. The van der Waals surface area contributed by atoms with E-state index in [2.05, 4.69) is 40.1 Å². The summed E-state index contributed by atoms with van der Waals surface area (Å²) in [4.78, 5) is 4.18. The molecule has 1 N–H and O–H groups in total. The lowest BCUT2D eigenvalue weighted by molar-refractivity contribution is 0.456. The lowest BCUT2D eigenvalue weighted by atomic mass is 10.2. The summed E-state index contributed by atoms with van der Waals surface area (Å²) >= 11 is 3.28. The molecule has 2 rings (SSSR count). The number of aromatic nitrogens is 1. The maximum Gasteiger partial charge on any atom is 0.219 e. The van der Waals surface area contributed by atoms with Gasteiger partial charge in [0.15, 0.2) is 0 Å². The molecule has 112 valence electrons. The molecule has 0 saturated heterocycles. The second-order valence-electron chi connectivity index (χ2n) is 5.20. The molecule has 0 aliphatic rings. The summed E-state index contributed by atoms with van der Waals surface area (Å²) in [6.45, 7) is 6.06. The van der Waals surface area contributed by atoms with Gasteiger partial charge in [-0.2, -0.15) is 0 Å². The van der Waals surface area contributed by atoms with Crippen LogP contribution in [-0.2, 0) is 6.54 Å². The number of hydrogen-bond acceptors (Lipinski definition) is 3. The van der Waals surface area contributed by atoms with Gasteiger partial charge in [-0.3, -0.25) is 0 Å². The van der Waals surface area contributed by atoms with Crippen molar-refractivity contribution >= 4 is 15.9 Å². The number of nitrogens with one attached hydrogen (secondary N) is 1. The summed E-state index contributed by atoms with van der Waals surface area (Å²) in [7, 11) is 0. The van der Waals surface area contributed by atoms with E-state index < -0.39 is 0 Å². The van der Waals surface area contributed by atoms with Gasteiger partial charge in [0.25, 0.3) is 0 Å². The van der Waals surface area contributed by atoms with Crippen molar-refractivity contribution in [3.63, 3.8) is 0 Å². The lowest BCUT2D eigenvalue weighted by Gasteiger charge is -2.10. The van der Waals surface area contributed by atoms with E-state index in [4.69, 9.17) is 4.74 Å². The predicted molar refractivity (Wildman–Crippen MR) is 85.0 cm³/mol. The average Bonchev–Trinajstić information content (AvgIpc) is 2.42. The quantitative estimate of drug-likeness (QED) is 0.829. The predicted octanol–water partition coefficient (Wildman–Crippen LogP) is 4.52. The molecule has 0 aliphatic carbocycles. The summed E-state index contributed by atoms with van der Waals surface area (Å²) in [5.41, 5.74) is 1.10. The third kappa shape index (κ3) is 5.10. The van der Waals surface area contributed by atoms with Crippen LogP contribution in [-0.4, -0.2) is 11.5 Å². The molecule has 0 aliphatic heterocycles. The molecule has 0 saturated carbocycles. The van der Waals surface area contributed by atoms with Crippen molar-refractivity contribution in [2.24, 2.45) is 5.92 Å². The van der Waals surface area contributed by atoms with Crippen molar-refractivity contribution < 1.29 is 9.13 Å². The van der Waals surface area contributed by atoms with Crippen LogP contribution in [0.2, 0.25) is 0 Å². The van der Waals surface area contributed by atoms with Crippen molar-refractivity contribution in [2.75, 3.05) is 6.54 Å². The Bertz CT molecular complexity index is 605. The topological polar surface area (TPSA) is 34.2 Å². The molecule has 0 amide bonds. The fourth-order valence-corrected chi connectivity index (χ4v) is 2.22. The second kappa shape index (κ2) is 7.52. The van der Waals surface area contributed by atoms with Gasteiger partial charge in [0.1, 0.15) is 11.6 Å². The maximum atomic E-state index is 13.0. The third-order valence-electron chi connectivity index (χ3n) is 2.79. The van der Waals surface area contributed by atoms with Gasteiger partial charge in [-0.05, 0) is 58.2 Å². The van der Waals surface area contributed by atoms with Gasteiger partial charge < -0.3 is 10.1 Å².